The van der Waals surface area contributed by atoms with E-state index in [1.165, 1.54) is 18.2 Å². The number of methoxy groups -OCH3 is 1. The van der Waals surface area contributed by atoms with Gasteiger partial charge < -0.3 is 23.9 Å². The first-order valence-electron chi connectivity index (χ1n) is 12.0. The Hall–Kier alpha value is -4.85. The highest BCUT2D eigenvalue weighted by Crippen LogP contribution is 2.29. The van der Waals surface area contributed by atoms with Crippen molar-refractivity contribution in [2.24, 2.45) is 0 Å². The second-order valence-corrected chi connectivity index (χ2v) is 8.39. The maximum atomic E-state index is 12.4. The largest absolute Gasteiger partial charge is 0.493 e. The lowest BCUT2D eigenvalue weighted by molar-refractivity contribution is -0.128. The lowest BCUT2D eigenvalue weighted by Crippen LogP contribution is -2.27. The third-order valence-corrected chi connectivity index (χ3v) is 5.75. The maximum Gasteiger partial charge on any atom is 0.349 e. The predicted molar refractivity (Wildman–Crippen MR) is 144 cm³/mol. The quantitative estimate of drug-likeness (QED) is 0.144. The summed E-state index contributed by atoms with van der Waals surface area (Å²) in [6.07, 6.45) is 2.87. The molecule has 0 radical (unpaired) electrons. The maximum absolute atomic E-state index is 12.4. The van der Waals surface area contributed by atoms with Gasteiger partial charge in [-0.2, -0.15) is 0 Å². The molecule has 1 amide bonds. The Morgan fingerprint density at radius 2 is 1.82 bits per heavy atom. The average Bonchev–Trinajstić information content (AvgIpc) is 2.91. The van der Waals surface area contributed by atoms with E-state index in [0.717, 1.165) is 11.1 Å². The van der Waals surface area contributed by atoms with Crippen LogP contribution in [0.15, 0.2) is 82.0 Å². The van der Waals surface area contributed by atoms with Crippen LogP contribution in [0.4, 0.5) is 0 Å². The summed E-state index contributed by atoms with van der Waals surface area (Å²) in [6.45, 7) is 4.57. The fourth-order valence-corrected chi connectivity index (χ4v) is 3.72. The van der Waals surface area contributed by atoms with E-state index in [1.54, 1.807) is 50.4 Å². The highest BCUT2D eigenvalue weighted by Gasteiger charge is 2.14. The van der Waals surface area contributed by atoms with Crippen LogP contribution in [0.5, 0.6) is 17.2 Å². The van der Waals surface area contributed by atoms with Gasteiger partial charge in [0.1, 0.15) is 23.5 Å². The lowest BCUT2D eigenvalue weighted by Gasteiger charge is -2.12. The number of carbonyl (C=O) groups is 2. The van der Waals surface area contributed by atoms with Crippen LogP contribution in [0.1, 0.15) is 34.0 Å². The van der Waals surface area contributed by atoms with Gasteiger partial charge in [-0.05, 0) is 66.9 Å². The summed E-state index contributed by atoms with van der Waals surface area (Å²) in [7, 11) is 1.55. The summed E-state index contributed by atoms with van der Waals surface area (Å²) in [5.74, 6) is 0.184. The zero-order valence-corrected chi connectivity index (χ0v) is 21.3. The monoisotopic (exact) mass is 513 g/mol. The molecule has 8 nitrogen and oxygen atoms in total. The number of benzene rings is 3. The summed E-state index contributed by atoms with van der Waals surface area (Å²) >= 11 is 0. The van der Waals surface area contributed by atoms with Crippen LogP contribution in [-0.2, 0) is 11.4 Å². The number of fused-ring (bicyclic) bond motifs is 1. The van der Waals surface area contributed by atoms with Crippen molar-refractivity contribution in [2.45, 2.75) is 20.5 Å². The number of hydrogen-bond acceptors (Lipinski definition) is 7. The molecular weight excluding hydrogens is 486 g/mol. The molecule has 1 N–H and O–H groups in total. The summed E-state index contributed by atoms with van der Waals surface area (Å²) in [4.78, 5) is 36.6. The van der Waals surface area contributed by atoms with Crippen LogP contribution < -0.4 is 25.2 Å². The molecule has 0 aliphatic carbocycles. The Bertz CT molecular complexity index is 1570. The Kier molecular flexibility index (Phi) is 8.23. The molecule has 0 saturated heterocycles. The van der Waals surface area contributed by atoms with E-state index in [1.807, 2.05) is 31.2 Å². The second kappa shape index (κ2) is 11.9. The molecule has 0 fully saturated rings. The summed E-state index contributed by atoms with van der Waals surface area (Å²) < 4.78 is 22.0. The van der Waals surface area contributed by atoms with Gasteiger partial charge in [-0.25, -0.2) is 9.59 Å². The number of esters is 1. The van der Waals surface area contributed by atoms with E-state index < -0.39 is 17.5 Å². The minimum Gasteiger partial charge on any atom is -0.493 e. The molecule has 38 heavy (non-hydrogen) atoms. The van der Waals surface area contributed by atoms with Crippen molar-refractivity contribution >= 4 is 28.9 Å². The van der Waals surface area contributed by atoms with E-state index in [4.69, 9.17) is 18.6 Å². The number of hydrogen-bond donors (Lipinski definition) is 1. The van der Waals surface area contributed by atoms with Crippen LogP contribution in [0, 0.1) is 6.92 Å². The van der Waals surface area contributed by atoms with Crippen LogP contribution in [0.25, 0.3) is 17.0 Å². The molecular formula is C30H27NO7. The van der Waals surface area contributed by atoms with Gasteiger partial charge in [0.05, 0.1) is 7.11 Å². The molecule has 8 heteroatoms. The average molecular weight is 514 g/mol. The van der Waals surface area contributed by atoms with Gasteiger partial charge in [0.25, 0.3) is 5.91 Å². The van der Waals surface area contributed by atoms with Crippen molar-refractivity contribution in [1.82, 2.24) is 5.32 Å². The molecule has 0 unspecified atom stereocenters. The number of nitrogens with one attached hydrogen (secondary N) is 1. The van der Waals surface area contributed by atoms with Crippen LogP contribution in [0.3, 0.4) is 0 Å². The van der Waals surface area contributed by atoms with E-state index in [9.17, 15) is 14.4 Å². The molecule has 0 aliphatic heterocycles. The second-order valence-electron chi connectivity index (χ2n) is 8.39. The Labute approximate surface area is 219 Å². The highest BCUT2D eigenvalue weighted by atomic mass is 16.5. The van der Waals surface area contributed by atoms with Crippen molar-refractivity contribution < 1.29 is 28.2 Å². The molecule has 194 valence electrons. The molecule has 0 saturated carbocycles. The molecule has 4 aromatic rings. The minimum absolute atomic E-state index is 0.0888. The lowest BCUT2D eigenvalue weighted by atomic mass is 10.1. The van der Waals surface area contributed by atoms with Crippen LogP contribution >= 0.6 is 0 Å². The van der Waals surface area contributed by atoms with Crippen molar-refractivity contribution in [3.63, 3.8) is 0 Å². The third-order valence-electron chi connectivity index (χ3n) is 5.75. The molecule has 3 aromatic carbocycles. The molecule has 1 heterocycles. The van der Waals surface area contributed by atoms with E-state index in [0.29, 0.717) is 35.6 Å². The summed E-state index contributed by atoms with van der Waals surface area (Å²) in [5.41, 5.74) is 2.27. The zero-order valence-electron chi connectivity index (χ0n) is 21.3. The third kappa shape index (κ3) is 6.28. The number of carbonyl (C=O) groups excluding carboxylic acids is 2. The molecule has 1 aromatic heterocycles. The normalized spacial score (nSPS) is 10.9. The van der Waals surface area contributed by atoms with Gasteiger partial charge in [0.15, 0.2) is 11.5 Å². The van der Waals surface area contributed by atoms with Gasteiger partial charge in [0, 0.05) is 24.1 Å². The van der Waals surface area contributed by atoms with Gasteiger partial charge in [-0.3, -0.25) is 4.79 Å². The first kappa shape index (κ1) is 26.2. The van der Waals surface area contributed by atoms with E-state index in [2.05, 4.69) is 5.32 Å². The van der Waals surface area contributed by atoms with E-state index >= 15 is 0 Å². The predicted octanol–water partition coefficient (Wildman–Crippen LogP) is 5.06. The Morgan fingerprint density at radius 1 is 1.00 bits per heavy atom. The van der Waals surface area contributed by atoms with Gasteiger partial charge in [0.2, 0.25) is 0 Å². The van der Waals surface area contributed by atoms with Gasteiger partial charge >= 0.3 is 11.6 Å². The molecule has 0 bridgehead atoms. The molecule has 0 spiro atoms. The fourth-order valence-electron chi connectivity index (χ4n) is 3.72. The summed E-state index contributed by atoms with van der Waals surface area (Å²) in [6, 6.07) is 19.4. The Balaban J connectivity index is 1.42. The van der Waals surface area contributed by atoms with Crippen LogP contribution in [0.2, 0.25) is 0 Å². The van der Waals surface area contributed by atoms with Crippen molar-refractivity contribution in [3.8, 4) is 17.2 Å². The number of amides is 1. The summed E-state index contributed by atoms with van der Waals surface area (Å²) in [5, 5.41) is 3.09. The Morgan fingerprint density at radius 3 is 2.58 bits per heavy atom. The van der Waals surface area contributed by atoms with E-state index in [-0.39, 0.29) is 16.9 Å². The number of ether oxygens (including phenoxy) is 3. The smallest absolute Gasteiger partial charge is 0.349 e. The first-order valence-corrected chi connectivity index (χ1v) is 12.0. The topological polar surface area (TPSA) is 104 Å². The standard InChI is InChI=1S/C30H27NO7/c1-4-31-29(33)24-16-21-11-12-23(17-26(21)38-30(24)34)37-28(32)14-10-20-9-13-25(27(15-20)35-3)36-18-22-8-6-5-7-19(22)2/h5-17H,4,18H2,1-3H3,(H,31,33)/b14-10+. The minimum atomic E-state index is -0.771. The highest BCUT2D eigenvalue weighted by molar-refractivity contribution is 5.97. The number of rotatable bonds is 9. The fraction of sp³-hybridized carbons (Fsp3) is 0.167. The molecule has 0 aliphatic rings. The number of aryl methyl sites for hydroxylation is 1. The van der Waals surface area contributed by atoms with Crippen molar-refractivity contribution in [1.29, 1.82) is 0 Å². The zero-order chi connectivity index (χ0) is 27.1. The van der Waals surface area contributed by atoms with Crippen molar-refractivity contribution in [2.75, 3.05) is 13.7 Å². The van der Waals surface area contributed by atoms with Crippen molar-refractivity contribution in [3.05, 3.63) is 105 Å². The van der Waals surface area contributed by atoms with Gasteiger partial charge in [-0.1, -0.05) is 30.3 Å². The molecule has 4 rings (SSSR count). The SMILES string of the molecule is CCNC(=O)c1cc2ccc(OC(=O)/C=C/c3ccc(OCc4ccccc4C)c(OC)c3)cc2oc1=O. The van der Waals surface area contributed by atoms with Crippen LogP contribution in [-0.4, -0.2) is 25.5 Å². The first-order chi connectivity index (χ1) is 18.4. The molecule has 0 atom stereocenters. The van der Waals surface area contributed by atoms with Gasteiger partial charge in [-0.15, -0.1) is 0 Å².